The molecule has 0 aromatic heterocycles. The van der Waals surface area contributed by atoms with Crippen LogP contribution in [0.5, 0.6) is 0 Å². The second-order valence-corrected chi connectivity index (χ2v) is 17.3. The van der Waals surface area contributed by atoms with E-state index in [1.165, 1.54) is 77.4 Å². The number of aldehydes is 1. The first-order chi connectivity index (χ1) is 21.7. The first-order valence-electron chi connectivity index (χ1n) is 19.2. The van der Waals surface area contributed by atoms with Gasteiger partial charge >= 0.3 is 5.97 Å². The molecule has 7 rings (SSSR count). The van der Waals surface area contributed by atoms with Crippen LogP contribution in [0.1, 0.15) is 111 Å². The zero-order valence-electron chi connectivity index (χ0n) is 28.9. The third kappa shape index (κ3) is 4.71. The fourth-order valence-corrected chi connectivity index (χ4v) is 13.2. The van der Waals surface area contributed by atoms with Gasteiger partial charge in [-0.25, -0.2) is 0 Å². The Labute approximate surface area is 273 Å². The van der Waals surface area contributed by atoms with Crippen LogP contribution in [0.3, 0.4) is 0 Å². The van der Waals surface area contributed by atoms with Gasteiger partial charge in [0.1, 0.15) is 11.7 Å². The number of fused-ring (bicyclic) bond motifs is 2. The minimum absolute atomic E-state index is 0.0949. The number of hydrogen-bond acceptors (Lipinski definition) is 5. The molecule has 45 heavy (non-hydrogen) atoms. The Morgan fingerprint density at radius 1 is 1.07 bits per heavy atom. The molecule has 3 aliphatic heterocycles. The van der Waals surface area contributed by atoms with Crippen molar-refractivity contribution in [1.29, 1.82) is 0 Å². The van der Waals surface area contributed by atoms with Crippen LogP contribution in [0.4, 0.5) is 0 Å². The van der Waals surface area contributed by atoms with Gasteiger partial charge in [-0.05, 0) is 119 Å². The van der Waals surface area contributed by atoms with Crippen molar-refractivity contribution in [3.63, 3.8) is 0 Å². The Kier molecular flexibility index (Phi) is 8.86. The molecular formula is C39H62N2O4. The van der Waals surface area contributed by atoms with Crippen molar-refractivity contribution in [2.45, 2.75) is 123 Å². The second-order valence-electron chi connectivity index (χ2n) is 17.3. The van der Waals surface area contributed by atoms with Gasteiger partial charge in [0.2, 0.25) is 0 Å². The van der Waals surface area contributed by atoms with Crippen molar-refractivity contribution in [2.75, 3.05) is 39.3 Å². The lowest BCUT2D eigenvalue weighted by Crippen LogP contribution is -2.65. The van der Waals surface area contributed by atoms with Gasteiger partial charge in [-0.1, -0.05) is 65.0 Å². The molecule has 3 saturated carbocycles. The molecule has 6 heteroatoms. The zero-order chi connectivity index (χ0) is 31.6. The number of aliphatic carboxylic acids is 1. The standard InChI is InChI=1S/C39H62N2O4/c1-5-6-12-29-18-35(45-34(29)24-41-17-10-11-28(23-41)22-40-15-8-7-9-16-40)38-21-31-27(4)13-14-32(31)37(25-42)20-30(38)19-33(26(2)3)39(37,38)36(43)44/h19,25-32,34-35H,5-18,20-24H2,1-4H3,(H,43,44)/t27-,28?,29?,30?,31-,32-,34?,35?,37?,38?,39?/m1/s1. The highest BCUT2D eigenvalue weighted by Crippen LogP contribution is 2.84. The molecule has 0 aromatic carbocycles. The lowest BCUT2D eigenvalue weighted by molar-refractivity contribution is -0.197. The van der Waals surface area contributed by atoms with Crippen LogP contribution in [0.2, 0.25) is 0 Å². The lowest BCUT2D eigenvalue weighted by Gasteiger charge is -2.60. The maximum atomic E-state index is 14.1. The Hall–Kier alpha value is -1.24. The van der Waals surface area contributed by atoms with E-state index in [-0.39, 0.29) is 30.0 Å². The molecule has 6 nitrogen and oxygen atoms in total. The number of hydrogen-bond donors (Lipinski definition) is 1. The van der Waals surface area contributed by atoms with E-state index in [1.807, 2.05) is 0 Å². The Morgan fingerprint density at radius 2 is 1.84 bits per heavy atom. The number of carbonyl (C=O) groups is 2. The largest absolute Gasteiger partial charge is 0.481 e. The summed E-state index contributed by atoms with van der Waals surface area (Å²) in [6.07, 6.45) is 18.5. The summed E-state index contributed by atoms with van der Waals surface area (Å²) < 4.78 is 7.41. The first-order valence-corrected chi connectivity index (χ1v) is 19.2. The lowest BCUT2D eigenvalue weighted by atomic mass is 9.41. The van der Waals surface area contributed by atoms with Crippen molar-refractivity contribution in [3.8, 4) is 0 Å². The van der Waals surface area contributed by atoms with Crippen LogP contribution in [-0.2, 0) is 14.3 Å². The van der Waals surface area contributed by atoms with Gasteiger partial charge in [0.05, 0.1) is 17.6 Å². The van der Waals surface area contributed by atoms with Gasteiger partial charge in [0.25, 0.3) is 0 Å². The van der Waals surface area contributed by atoms with E-state index in [4.69, 9.17) is 4.74 Å². The highest BCUT2D eigenvalue weighted by molar-refractivity contribution is 5.90. The maximum absolute atomic E-state index is 14.1. The Bertz CT molecular complexity index is 1150. The summed E-state index contributed by atoms with van der Waals surface area (Å²) in [7, 11) is 0. The van der Waals surface area contributed by atoms with Crippen LogP contribution < -0.4 is 0 Å². The molecule has 3 saturated heterocycles. The number of carbonyl (C=O) groups excluding carboxylic acids is 1. The third-order valence-electron chi connectivity index (χ3n) is 14.9. The summed E-state index contributed by atoms with van der Waals surface area (Å²) >= 11 is 0. The van der Waals surface area contributed by atoms with Crippen LogP contribution in [0.25, 0.3) is 0 Å². The molecule has 0 amide bonds. The van der Waals surface area contributed by atoms with E-state index in [1.54, 1.807) is 0 Å². The minimum atomic E-state index is -1.13. The number of piperidine rings is 2. The van der Waals surface area contributed by atoms with Gasteiger partial charge in [-0.2, -0.15) is 0 Å². The highest BCUT2D eigenvalue weighted by Gasteiger charge is 2.86. The van der Waals surface area contributed by atoms with Crippen molar-refractivity contribution in [2.24, 2.45) is 57.7 Å². The summed E-state index contributed by atoms with van der Waals surface area (Å²) in [5.41, 5.74) is -1.41. The van der Waals surface area contributed by atoms with Crippen LogP contribution in [0, 0.1) is 57.7 Å². The summed E-state index contributed by atoms with van der Waals surface area (Å²) in [5.74, 6) is 1.84. The summed E-state index contributed by atoms with van der Waals surface area (Å²) in [6, 6.07) is 0. The molecule has 3 heterocycles. The number of rotatable bonds is 11. The molecule has 4 aliphatic carbocycles. The second kappa shape index (κ2) is 12.3. The monoisotopic (exact) mass is 622 g/mol. The fraction of sp³-hybridized carbons (Fsp3) is 0.897. The molecule has 0 aromatic rings. The van der Waals surface area contributed by atoms with Crippen LogP contribution in [0.15, 0.2) is 11.6 Å². The van der Waals surface area contributed by atoms with Crippen LogP contribution in [-0.4, -0.2) is 78.6 Å². The number of allylic oxidation sites excluding steroid dienone is 1. The molecule has 4 bridgehead atoms. The average Bonchev–Trinajstić information content (AvgIpc) is 3.74. The van der Waals surface area contributed by atoms with Crippen molar-refractivity contribution < 1.29 is 19.4 Å². The molecule has 0 spiro atoms. The van der Waals surface area contributed by atoms with Crippen molar-refractivity contribution in [1.82, 2.24) is 9.80 Å². The molecule has 252 valence electrons. The zero-order valence-corrected chi connectivity index (χ0v) is 28.9. The molecule has 1 N–H and O–H groups in total. The predicted octanol–water partition coefficient (Wildman–Crippen LogP) is 7.07. The molecule has 8 unspecified atom stereocenters. The van der Waals surface area contributed by atoms with E-state index >= 15 is 0 Å². The Balaban J connectivity index is 1.19. The SMILES string of the molecule is CCCCC1CC(C23C[C@@H]4[C@H](C)CC[C@H]4C4(C=O)CC2C=C(C(C)C)C34C(=O)O)OC1CN1CCCC(CN2CCCCC2)C1. The number of nitrogens with zero attached hydrogens (tertiary/aromatic N) is 2. The summed E-state index contributed by atoms with van der Waals surface area (Å²) in [6.45, 7) is 16.1. The summed E-state index contributed by atoms with van der Waals surface area (Å²) in [5, 5.41) is 11.6. The molecule has 11 atom stereocenters. The highest BCUT2D eigenvalue weighted by atomic mass is 16.5. The van der Waals surface area contributed by atoms with Crippen molar-refractivity contribution in [3.05, 3.63) is 11.6 Å². The van der Waals surface area contributed by atoms with Gasteiger partial charge < -0.3 is 24.4 Å². The predicted molar refractivity (Wildman–Crippen MR) is 178 cm³/mol. The molecule has 6 fully saturated rings. The first kappa shape index (κ1) is 32.3. The van der Waals surface area contributed by atoms with Crippen molar-refractivity contribution >= 4 is 12.3 Å². The third-order valence-corrected chi connectivity index (χ3v) is 14.9. The smallest absolute Gasteiger partial charge is 0.315 e. The van der Waals surface area contributed by atoms with Crippen LogP contribution >= 0.6 is 0 Å². The van der Waals surface area contributed by atoms with Gasteiger partial charge in [-0.15, -0.1) is 0 Å². The van der Waals surface area contributed by atoms with E-state index in [2.05, 4.69) is 43.6 Å². The number of carboxylic acids is 1. The van der Waals surface area contributed by atoms with Gasteiger partial charge in [-0.3, -0.25) is 4.79 Å². The van der Waals surface area contributed by atoms with E-state index in [9.17, 15) is 14.7 Å². The average molecular weight is 623 g/mol. The van der Waals surface area contributed by atoms with E-state index in [0.717, 1.165) is 56.7 Å². The quantitative estimate of drug-likeness (QED) is 0.196. The topological polar surface area (TPSA) is 70.1 Å². The number of likely N-dealkylation sites (tertiary alicyclic amines) is 2. The van der Waals surface area contributed by atoms with Gasteiger partial charge in [0.15, 0.2) is 0 Å². The molecule has 7 aliphatic rings. The number of unbranched alkanes of at least 4 members (excludes halogenated alkanes) is 1. The van der Waals surface area contributed by atoms with E-state index < -0.39 is 22.2 Å². The van der Waals surface area contributed by atoms with Gasteiger partial charge in [0, 0.05) is 25.0 Å². The molecular weight excluding hydrogens is 560 g/mol. The normalized spacial score (nSPS) is 46.5. The summed E-state index contributed by atoms with van der Waals surface area (Å²) in [4.78, 5) is 33.1. The fourth-order valence-electron chi connectivity index (χ4n) is 13.2. The maximum Gasteiger partial charge on any atom is 0.315 e. The minimum Gasteiger partial charge on any atom is -0.481 e. The van der Waals surface area contributed by atoms with E-state index in [0.29, 0.717) is 24.2 Å². The number of ether oxygens (including phenoxy) is 1. The molecule has 0 radical (unpaired) electrons. The number of carboxylic acid groups (broad SMARTS) is 1. The Morgan fingerprint density at radius 3 is 2.56 bits per heavy atom.